The van der Waals surface area contributed by atoms with E-state index >= 15 is 0 Å². The molecule has 0 radical (unpaired) electrons. The highest BCUT2D eigenvalue weighted by Gasteiger charge is 2.34. The van der Waals surface area contributed by atoms with Gasteiger partial charge >= 0.3 is 0 Å². The molecule has 0 spiro atoms. The number of aromatic hydroxyl groups is 1. The molecule has 0 aliphatic carbocycles. The number of carbonyl (C=O) groups excluding carboxylic acids is 2. The highest BCUT2D eigenvalue weighted by molar-refractivity contribution is 9.10. The number of halogens is 1. The molecule has 1 N–H and O–H groups in total. The lowest BCUT2D eigenvalue weighted by Gasteiger charge is -2.27. The summed E-state index contributed by atoms with van der Waals surface area (Å²) >= 11 is 3.46. The van der Waals surface area contributed by atoms with Crippen LogP contribution in [0, 0.1) is 0 Å². The van der Waals surface area contributed by atoms with Gasteiger partial charge in [0.05, 0.1) is 5.69 Å². The minimum atomic E-state index is -0.364. The molecule has 0 saturated heterocycles. The van der Waals surface area contributed by atoms with E-state index in [1.165, 1.54) is 12.1 Å². The third-order valence-corrected chi connectivity index (χ3v) is 4.65. The van der Waals surface area contributed by atoms with Crippen LogP contribution >= 0.6 is 15.9 Å². The average Bonchev–Trinajstić information content (AvgIpc) is 2.56. The van der Waals surface area contributed by atoms with Crippen LogP contribution in [-0.2, 0) is 0 Å². The molecule has 0 aromatic heterocycles. The highest BCUT2D eigenvalue weighted by atomic mass is 79.9. The van der Waals surface area contributed by atoms with Crippen molar-refractivity contribution in [2.45, 2.75) is 0 Å². The molecule has 3 aromatic rings. The molecule has 1 aliphatic heterocycles. The lowest BCUT2D eigenvalue weighted by atomic mass is 9.94. The third kappa shape index (κ3) is 1.97. The highest BCUT2D eigenvalue weighted by Crippen LogP contribution is 2.36. The van der Waals surface area contributed by atoms with Gasteiger partial charge in [0.1, 0.15) is 5.75 Å². The molecule has 1 heterocycles. The molecule has 0 fully saturated rings. The Morgan fingerprint density at radius 1 is 0.826 bits per heavy atom. The van der Waals surface area contributed by atoms with Gasteiger partial charge in [-0.05, 0) is 47.9 Å². The van der Waals surface area contributed by atoms with Crippen molar-refractivity contribution < 1.29 is 14.7 Å². The van der Waals surface area contributed by atoms with Gasteiger partial charge in [0.2, 0.25) is 0 Å². The second-order valence-electron chi connectivity index (χ2n) is 5.29. The number of carbonyl (C=O) groups is 2. The summed E-state index contributed by atoms with van der Waals surface area (Å²) in [6.07, 6.45) is 0. The first-order valence-electron chi connectivity index (χ1n) is 6.97. The van der Waals surface area contributed by atoms with Crippen molar-refractivity contribution in [3.05, 3.63) is 70.2 Å². The molecule has 2 amide bonds. The van der Waals surface area contributed by atoms with E-state index < -0.39 is 0 Å². The van der Waals surface area contributed by atoms with Crippen molar-refractivity contribution in [3.8, 4) is 5.75 Å². The Bertz CT molecular complexity index is 957. The molecule has 3 aromatic carbocycles. The maximum Gasteiger partial charge on any atom is 0.265 e. The van der Waals surface area contributed by atoms with Gasteiger partial charge in [-0.25, -0.2) is 4.90 Å². The number of amides is 2. The van der Waals surface area contributed by atoms with Crippen LogP contribution in [0.25, 0.3) is 10.8 Å². The molecule has 0 atom stereocenters. The Kier molecular flexibility index (Phi) is 2.99. The van der Waals surface area contributed by atoms with Gasteiger partial charge in [-0.3, -0.25) is 9.59 Å². The molecule has 0 saturated carbocycles. The van der Waals surface area contributed by atoms with Crippen LogP contribution in [0.4, 0.5) is 5.69 Å². The number of phenolic OH excluding ortho intramolecular Hbond substituents is 1. The minimum absolute atomic E-state index is 0.0806. The molecular formula is C18H10BrNO3. The molecule has 0 bridgehead atoms. The standard InChI is InChI=1S/C18H10BrNO3/c19-15-9-8-14-16-12(15)2-1-3-13(16)17(22)20(18(14)23)10-4-6-11(21)7-5-10/h1-9,21H. The first kappa shape index (κ1) is 14.0. The summed E-state index contributed by atoms with van der Waals surface area (Å²) in [6.45, 7) is 0. The van der Waals surface area contributed by atoms with Crippen LogP contribution in [0.3, 0.4) is 0 Å². The Balaban J connectivity index is 1.99. The monoisotopic (exact) mass is 367 g/mol. The van der Waals surface area contributed by atoms with Gasteiger partial charge < -0.3 is 5.11 Å². The van der Waals surface area contributed by atoms with E-state index in [2.05, 4.69) is 15.9 Å². The lowest BCUT2D eigenvalue weighted by molar-refractivity contribution is 0.0893. The van der Waals surface area contributed by atoms with Crippen LogP contribution in [0.2, 0.25) is 0 Å². The molecular weight excluding hydrogens is 358 g/mol. The number of phenols is 1. The molecule has 4 rings (SSSR count). The van der Waals surface area contributed by atoms with Crippen molar-refractivity contribution in [2.75, 3.05) is 4.90 Å². The van der Waals surface area contributed by atoms with Crippen molar-refractivity contribution >= 4 is 44.2 Å². The molecule has 23 heavy (non-hydrogen) atoms. The summed E-state index contributed by atoms with van der Waals surface area (Å²) in [5.41, 5.74) is 1.42. The van der Waals surface area contributed by atoms with Crippen LogP contribution in [0.5, 0.6) is 5.75 Å². The Labute approximate surface area is 140 Å². The zero-order valence-electron chi connectivity index (χ0n) is 11.8. The summed E-state index contributed by atoms with van der Waals surface area (Å²) < 4.78 is 0.844. The molecule has 0 unspecified atom stereocenters. The smallest absolute Gasteiger partial charge is 0.265 e. The van der Waals surface area contributed by atoms with E-state index in [-0.39, 0.29) is 17.6 Å². The zero-order valence-corrected chi connectivity index (χ0v) is 13.4. The quantitative estimate of drug-likeness (QED) is 0.658. The van der Waals surface area contributed by atoms with Crippen molar-refractivity contribution in [3.63, 3.8) is 0 Å². The predicted octanol–water partition coefficient (Wildman–Crippen LogP) is 4.11. The molecule has 112 valence electrons. The number of hydrogen-bond donors (Lipinski definition) is 1. The van der Waals surface area contributed by atoms with Crippen molar-refractivity contribution in [2.24, 2.45) is 0 Å². The minimum Gasteiger partial charge on any atom is -0.508 e. The summed E-state index contributed by atoms with van der Waals surface area (Å²) in [5.74, 6) is -0.647. The SMILES string of the molecule is O=C1c2cccc3c(Br)ccc(c23)C(=O)N1c1ccc(O)cc1. The number of rotatable bonds is 1. The maximum atomic E-state index is 12.8. The van der Waals surface area contributed by atoms with Gasteiger partial charge in [-0.2, -0.15) is 0 Å². The van der Waals surface area contributed by atoms with E-state index in [4.69, 9.17) is 0 Å². The fourth-order valence-corrected chi connectivity index (χ4v) is 3.36. The fourth-order valence-electron chi connectivity index (χ4n) is 2.90. The van der Waals surface area contributed by atoms with Crippen LogP contribution in [0.15, 0.2) is 59.1 Å². The number of hydrogen-bond acceptors (Lipinski definition) is 3. The van der Waals surface area contributed by atoms with E-state index in [0.717, 1.165) is 14.8 Å². The van der Waals surface area contributed by atoms with Gasteiger partial charge in [0.15, 0.2) is 0 Å². The van der Waals surface area contributed by atoms with E-state index in [9.17, 15) is 14.7 Å². The zero-order chi connectivity index (χ0) is 16.1. The summed E-state index contributed by atoms with van der Waals surface area (Å²) in [4.78, 5) is 26.8. The maximum absolute atomic E-state index is 12.8. The number of imide groups is 1. The van der Waals surface area contributed by atoms with E-state index in [1.54, 1.807) is 30.3 Å². The molecule has 1 aliphatic rings. The average molecular weight is 368 g/mol. The second-order valence-corrected chi connectivity index (χ2v) is 6.14. The normalized spacial score (nSPS) is 13.7. The van der Waals surface area contributed by atoms with Gasteiger partial charge in [0.25, 0.3) is 11.8 Å². The van der Waals surface area contributed by atoms with Crippen molar-refractivity contribution in [1.82, 2.24) is 0 Å². The lowest BCUT2D eigenvalue weighted by Crippen LogP contribution is -2.40. The second kappa shape index (κ2) is 4.93. The van der Waals surface area contributed by atoms with Gasteiger partial charge in [0, 0.05) is 21.0 Å². The number of benzene rings is 3. The number of anilines is 1. The Morgan fingerprint density at radius 2 is 1.48 bits per heavy atom. The number of nitrogens with zero attached hydrogens (tertiary/aromatic N) is 1. The van der Waals surface area contributed by atoms with Crippen LogP contribution in [-0.4, -0.2) is 16.9 Å². The first-order valence-corrected chi connectivity index (χ1v) is 7.76. The molecule has 5 heteroatoms. The third-order valence-electron chi connectivity index (χ3n) is 3.96. The fraction of sp³-hybridized carbons (Fsp3) is 0. The van der Waals surface area contributed by atoms with Crippen LogP contribution < -0.4 is 4.90 Å². The summed E-state index contributed by atoms with van der Waals surface area (Å²) in [7, 11) is 0. The topological polar surface area (TPSA) is 57.6 Å². The summed E-state index contributed by atoms with van der Waals surface area (Å²) in [6, 6.07) is 14.9. The van der Waals surface area contributed by atoms with Crippen LogP contribution in [0.1, 0.15) is 20.7 Å². The van der Waals surface area contributed by atoms with E-state index in [0.29, 0.717) is 22.2 Å². The predicted molar refractivity (Wildman–Crippen MR) is 90.9 cm³/mol. The Hall–Kier alpha value is -2.66. The Morgan fingerprint density at radius 3 is 2.17 bits per heavy atom. The largest absolute Gasteiger partial charge is 0.508 e. The van der Waals surface area contributed by atoms with Gasteiger partial charge in [-0.15, -0.1) is 0 Å². The van der Waals surface area contributed by atoms with Crippen molar-refractivity contribution in [1.29, 1.82) is 0 Å². The van der Waals surface area contributed by atoms with Gasteiger partial charge in [-0.1, -0.05) is 28.1 Å². The first-order chi connectivity index (χ1) is 11.1. The molecule has 4 nitrogen and oxygen atoms in total. The van der Waals surface area contributed by atoms with E-state index in [1.807, 2.05) is 12.1 Å². The summed E-state index contributed by atoms with van der Waals surface area (Å²) in [5, 5.41) is 10.9.